The quantitative estimate of drug-likeness (QED) is 0.609. The van der Waals surface area contributed by atoms with Crippen LogP contribution in [0.1, 0.15) is 17.7 Å². The Bertz CT molecular complexity index is 1020. The first-order chi connectivity index (χ1) is 13.6. The highest BCUT2D eigenvalue weighted by Gasteiger charge is 2.36. The normalized spacial score (nSPS) is 17.9. The molecule has 4 heterocycles. The highest BCUT2D eigenvalue weighted by atomic mass is 19.4. The lowest BCUT2D eigenvalue weighted by Gasteiger charge is -2.20. The van der Waals surface area contributed by atoms with E-state index >= 15 is 0 Å². The molecule has 1 fully saturated rings. The summed E-state index contributed by atoms with van der Waals surface area (Å²) < 4.78 is 83.9. The van der Waals surface area contributed by atoms with Gasteiger partial charge >= 0.3 is 12.4 Å². The van der Waals surface area contributed by atoms with E-state index in [0.717, 1.165) is 24.5 Å². The summed E-state index contributed by atoms with van der Waals surface area (Å²) in [4.78, 5) is 12.4. The van der Waals surface area contributed by atoms with Gasteiger partial charge in [-0.05, 0) is 6.07 Å². The summed E-state index contributed by atoms with van der Waals surface area (Å²) in [6.07, 6.45) is -7.43. The summed E-state index contributed by atoms with van der Waals surface area (Å²) in [6.45, 7) is 0.542. The van der Waals surface area contributed by atoms with Crippen LogP contribution < -0.4 is 9.64 Å². The number of anilines is 1. The van der Waals surface area contributed by atoms with Gasteiger partial charge in [0, 0.05) is 31.3 Å². The average molecular weight is 418 g/mol. The minimum absolute atomic E-state index is 0.00135. The first-order valence-electron chi connectivity index (χ1n) is 8.34. The SMILES string of the molecule is FC(F)(F)c1ccc(OC2CCN(c3cc(C(F)(F)F)nc4ncnn34)C2)nc1. The Hall–Kier alpha value is -3.12. The van der Waals surface area contributed by atoms with Crippen LogP contribution in [0.3, 0.4) is 0 Å². The second kappa shape index (κ2) is 6.74. The molecular formula is C16H12F6N6O. The Kier molecular flexibility index (Phi) is 4.46. The predicted molar refractivity (Wildman–Crippen MR) is 86.3 cm³/mol. The second-order valence-electron chi connectivity index (χ2n) is 6.33. The van der Waals surface area contributed by atoms with Gasteiger partial charge in [0.15, 0.2) is 5.69 Å². The molecule has 3 aromatic rings. The van der Waals surface area contributed by atoms with Crippen LogP contribution in [0.15, 0.2) is 30.7 Å². The monoisotopic (exact) mass is 418 g/mol. The molecule has 1 unspecified atom stereocenters. The lowest BCUT2D eigenvalue weighted by atomic mass is 10.3. The van der Waals surface area contributed by atoms with Gasteiger partial charge in [0.25, 0.3) is 5.78 Å². The second-order valence-corrected chi connectivity index (χ2v) is 6.33. The molecule has 4 rings (SSSR count). The molecule has 1 saturated heterocycles. The van der Waals surface area contributed by atoms with Crippen LogP contribution in [0.5, 0.6) is 5.88 Å². The number of fused-ring (bicyclic) bond motifs is 1. The van der Waals surface area contributed by atoms with Gasteiger partial charge in [-0.15, -0.1) is 0 Å². The van der Waals surface area contributed by atoms with E-state index in [1.807, 2.05) is 0 Å². The Morgan fingerprint density at radius 3 is 2.48 bits per heavy atom. The van der Waals surface area contributed by atoms with Crippen molar-refractivity contribution < 1.29 is 31.1 Å². The molecule has 154 valence electrons. The Morgan fingerprint density at radius 2 is 1.83 bits per heavy atom. The number of aromatic nitrogens is 5. The summed E-state index contributed by atoms with van der Waals surface area (Å²) in [5.41, 5.74) is -2.00. The zero-order chi connectivity index (χ0) is 20.8. The summed E-state index contributed by atoms with van der Waals surface area (Å²) in [5, 5.41) is 3.90. The molecule has 13 heteroatoms. The van der Waals surface area contributed by atoms with Crippen LogP contribution >= 0.6 is 0 Å². The van der Waals surface area contributed by atoms with Crippen LogP contribution in [0.4, 0.5) is 32.2 Å². The number of pyridine rings is 1. The molecule has 0 spiro atoms. The number of hydrogen-bond donors (Lipinski definition) is 0. The molecule has 0 bridgehead atoms. The fraction of sp³-hybridized carbons (Fsp3) is 0.375. The molecule has 0 aliphatic carbocycles. The first-order valence-corrected chi connectivity index (χ1v) is 8.34. The van der Waals surface area contributed by atoms with Crippen LogP contribution in [-0.4, -0.2) is 43.8 Å². The van der Waals surface area contributed by atoms with Gasteiger partial charge in [0.2, 0.25) is 5.88 Å². The molecule has 3 aromatic heterocycles. The molecule has 29 heavy (non-hydrogen) atoms. The maximum Gasteiger partial charge on any atom is 0.433 e. The molecule has 1 atom stereocenters. The van der Waals surface area contributed by atoms with Crippen molar-refractivity contribution in [3.8, 4) is 5.88 Å². The third-order valence-electron chi connectivity index (χ3n) is 4.34. The van der Waals surface area contributed by atoms with Crippen LogP contribution in [-0.2, 0) is 12.4 Å². The summed E-state index contributed by atoms with van der Waals surface area (Å²) in [6, 6.07) is 2.84. The maximum atomic E-state index is 13.1. The topological polar surface area (TPSA) is 68.4 Å². The van der Waals surface area contributed by atoms with Crippen LogP contribution in [0.25, 0.3) is 5.78 Å². The fourth-order valence-electron chi connectivity index (χ4n) is 2.99. The van der Waals surface area contributed by atoms with E-state index in [1.54, 1.807) is 4.90 Å². The van der Waals surface area contributed by atoms with Gasteiger partial charge in [-0.25, -0.2) is 9.97 Å². The Balaban J connectivity index is 1.52. The third kappa shape index (κ3) is 3.89. The van der Waals surface area contributed by atoms with E-state index in [1.165, 1.54) is 4.52 Å². The van der Waals surface area contributed by atoms with Gasteiger partial charge in [0.1, 0.15) is 18.2 Å². The highest BCUT2D eigenvalue weighted by Crippen LogP contribution is 2.32. The lowest BCUT2D eigenvalue weighted by molar-refractivity contribution is -0.141. The summed E-state index contributed by atoms with van der Waals surface area (Å²) >= 11 is 0. The van der Waals surface area contributed by atoms with Crippen LogP contribution in [0.2, 0.25) is 0 Å². The zero-order valence-corrected chi connectivity index (χ0v) is 14.4. The summed E-state index contributed by atoms with van der Waals surface area (Å²) in [7, 11) is 0. The molecule has 0 saturated carbocycles. The van der Waals surface area contributed by atoms with E-state index in [9.17, 15) is 26.3 Å². The molecule has 0 aromatic carbocycles. The van der Waals surface area contributed by atoms with Gasteiger partial charge in [-0.1, -0.05) is 0 Å². The number of halogens is 6. The van der Waals surface area contributed by atoms with Crippen molar-refractivity contribution in [1.29, 1.82) is 0 Å². The van der Waals surface area contributed by atoms with Gasteiger partial charge < -0.3 is 9.64 Å². The van der Waals surface area contributed by atoms with E-state index in [-0.39, 0.29) is 24.0 Å². The molecular weight excluding hydrogens is 406 g/mol. The Morgan fingerprint density at radius 1 is 1.03 bits per heavy atom. The lowest BCUT2D eigenvalue weighted by Crippen LogP contribution is -2.27. The van der Waals surface area contributed by atoms with Crippen LogP contribution in [0, 0.1) is 0 Å². The average Bonchev–Trinajstić information content (AvgIpc) is 3.29. The molecule has 0 radical (unpaired) electrons. The van der Waals surface area contributed by atoms with E-state index < -0.39 is 29.7 Å². The van der Waals surface area contributed by atoms with Crippen molar-refractivity contribution in [2.24, 2.45) is 0 Å². The van der Waals surface area contributed by atoms with Crippen molar-refractivity contribution >= 4 is 11.6 Å². The third-order valence-corrected chi connectivity index (χ3v) is 4.34. The van der Waals surface area contributed by atoms with Crippen molar-refractivity contribution in [3.63, 3.8) is 0 Å². The minimum Gasteiger partial charge on any atom is -0.472 e. The number of hydrogen-bond acceptors (Lipinski definition) is 6. The molecule has 1 aliphatic heterocycles. The smallest absolute Gasteiger partial charge is 0.433 e. The van der Waals surface area contributed by atoms with E-state index in [4.69, 9.17) is 4.74 Å². The molecule has 7 nitrogen and oxygen atoms in total. The van der Waals surface area contributed by atoms with Crippen molar-refractivity contribution in [2.75, 3.05) is 18.0 Å². The van der Waals surface area contributed by atoms with Crippen molar-refractivity contribution in [1.82, 2.24) is 24.6 Å². The maximum absolute atomic E-state index is 13.1. The van der Waals surface area contributed by atoms with Gasteiger partial charge in [0.05, 0.1) is 12.1 Å². The molecule has 1 aliphatic rings. The van der Waals surface area contributed by atoms with Gasteiger partial charge in [-0.3, -0.25) is 0 Å². The first kappa shape index (κ1) is 19.2. The standard InChI is InChI=1S/C16H12F6N6O/c17-15(18,19)9-1-2-12(23-6-9)29-10-3-4-27(7-10)13-5-11(16(20,21)22)26-14-24-8-25-28(13)14/h1-2,5-6,8,10H,3-4,7H2. The predicted octanol–water partition coefficient (Wildman–Crippen LogP) is 3.21. The number of alkyl halides is 6. The minimum atomic E-state index is -4.65. The van der Waals surface area contributed by atoms with Crippen molar-refractivity contribution in [2.45, 2.75) is 24.9 Å². The summed E-state index contributed by atoms with van der Waals surface area (Å²) in [5.74, 6) is -0.0450. The van der Waals surface area contributed by atoms with E-state index in [2.05, 4.69) is 20.1 Å². The van der Waals surface area contributed by atoms with Gasteiger partial charge in [-0.2, -0.15) is 40.9 Å². The number of rotatable bonds is 3. The largest absolute Gasteiger partial charge is 0.472 e. The zero-order valence-electron chi connectivity index (χ0n) is 14.4. The molecule has 0 amide bonds. The Labute approximate surface area is 159 Å². The van der Waals surface area contributed by atoms with E-state index in [0.29, 0.717) is 19.2 Å². The van der Waals surface area contributed by atoms with Crippen molar-refractivity contribution in [3.05, 3.63) is 42.0 Å². The molecule has 0 N–H and O–H groups in total. The fourth-order valence-corrected chi connectivity index (χ4v) is 2.99. The number of ether oxygens (including phenoxy) is 1. The number of nitrogens with zero attached hydrogens (tertiary/aromatic N) is 6. The highest BCUT2D eigenvalue weighted by molar-refractivity contribution is 5.49.